The summed E-state index contributed by atoms with van der Waals surface area (Å²) in [6.45, 7) is 9.50. The van der Waals surface area contributed by atoms with Crippen molar-refractivity contribution in [2.24, 2.45) is 11.8 Å². The standard InChI is InChI=1S/C28H37N5O4/c1-19(2)26-30-22-5-3-6-23(25(22)31-26)37-28(35)29-17-20-8-12-32(13-9-20)18-21-10-14-33(15-11-21)27(34)24-7-4-16-36-24/h3-7,16,19-21H,8-15,17-18H2,1-2H3,(H,29,35)(H,30,31). The number of aromatic amines is 1. The number of aromatic nitrogens is 2. The number of nitrogens with one attached hydrogen (secondary N) is 2. The first-order valence-corrected chi connectivity index (χ1v) is 13.5. The van der Waals surface area contributed by atoms with Crippen molar-refractivity contribution < 1.29 is 18.7 Å². The summed E-state index contributed by atoms with van der Waals surface area (Å²) >= 11 is 0. The number of furan rings is 1. The van der Waals surface area contributed by atoms with Crippen LogP contribution in [0.1, 0.15) is 61.8 Å². The Morgan fingerprint density at radius 2 is 1.84 bits per heavy atom. The first kappa shape index (κ1) is 25.3. The van der Waals surface area contributed by atoms with Crippen molar-refractivity contribution in [3.8, 4) is 5.75 Å². The molecule has 5 rings (SSSR count). The molecule has 0 radical (unpaired) electrons. The van der Waals surface area contributed by atoms with E-state index >= 15 is 0 Å². The molecule has 0 saturated carbocycles. The van der Waals surface area contributed by atoms with Crippen LogP contribution in [0.3, 0.4) is 0 Å². The van der Waals surface area contributed by atoms with E-state index in [0.29, 0.717) is 35.4 Å². The molecule has 3 aromatic rings. The molecule has 2 aliphatic rings. The summed E-state index contributed by atoms with van der Waals surface area (Å²) in [5.41, 5.74) is 1.56. The fourth-order valence-corrected chi connectivity index (χ4v) is 5.36. The molecule has 0 bridgehead atoms. The fraction of sp³-hybridized carbons (Fsp3) is 0.536. The summed E-state index contributed by atoms with van der Waals surface area (Å²) in [5.74, 6) is 3.12. The molecule has 0 spiro atoms. The Balaban J connectivity index is 1.01. The van der Waals surface area contributed by atoms with Crippen LogP contribution in [-0.4, -0.2) is 71.0 Å². The Morgan fingerprint density at radius 3 is 2.54 bits per heavy atom. The Bertz CT molecular complexity index is 1190. The summed E-state index contributed by atoms with van der Waals surface area (Å²) in [5, 5.41) is 2.96. The lowest BCUT2D eigenvalue weighted by molar-refractivity contribution is 0.0622. The molecule has 2 saturated heterocycles. The highest BCUT2D eigenvalue weighted by Crippen LogP contribution is 2.26. The van der Waals surface area contributed by atoms with Gasteiger partial charge in [0.15, 0.2) is 11.5 Å². The Kier molecular flexibility index (Phi) is 7.79. The molecule has 2 fully saturated rings. The maximum absolute atomic E-state index is 12.5. The van der Waals surface area contributed by atoms with Crippen molar-refractivity contribution in [2.45, 2.75) is 45.4 Å². The first-order chi connectivity index (χ1) is 18.0. The summed E-state index contributed by atoms with van der Waals surface area (Å²) < 4.78 is 10.9. The quantitative estimate of drug-likeness (QED) is 0.483. The van der Waals surface area contributed by atoms with E-state index < -0.39 is 6.09 Å². The SMILES string of the molecule is CC(C)c1nc2c(OC(=O)NCC3CCN(CC4CCN(C(=O)c5ccco5)CC4)CC3)cccc2[nH]1. The van der Waals surface area contributed by atoms with Gasteiger partial charge in [-0.15, -0.1) is 0 Å². The van der Waals surface area contributed by atoms with E-state index in [4.69, 9.17) is 9.15 Å². The van der Waals surface area contributed by atoms with Crippen LogP contribution in [0.2, 0.25) is 0 Å². The van der Waals surface area contributed by atoms with Gasteiger partial charge in [0, 0.05) is 32.1 Å². The largest absolute Gasteiger partial charge is 0.459 e. The lowest BCUT2D eigenvalue weighted by atomic mass is 9.92. The lowest BCUT2D eigenvalue weighted by Gasteiger charge is -2.37. The molecule has 37 heavy (non-hydrogen) atoms. The Labute approximate surface area is 217 Å². The lowest BCUT2D eigenvalue weighted by Crippen LogP contribution is -2.44. The third-order valence-electron chi connectivity index (χ3n) is 7.64. The Hall–Kier alpha value is -3.33. The highest BCUT2D eigenvalue weighted by Gasteiger charge is 2.28. The number of hydrogen-bond donors (Lipinski definition) is 2. The van der Waals surface area contributed by atoms with Gasteiger partial charge >= 0.3 is 6.09 Å². The van der Waals surface area contributed by atoms with Gasteiger partial charge in [0.05, 0.1) is 11.8 Å². The zero-order valence-corrected chi connectivity index (χ0v) is 21.7. The zero-order valence-electron chi connectivity index (χ0n) is 21.7. The third kappa shape index (κ3) is 6.15. The van der Waals surface area contributed by atoms with Crippen LogP contribution in [0.4, 0.5) is 4.79 Å². The predicted octanol–water partition coefficient (Wildman–Crippen LogP) is 4.63. The summed E-state index contributed by atoms with van der Waals surface area (Å²) in [4.78, 5) is 37.3. The van der Waals surface area contributed by atoms with Crippen LogP contribution in [-0.2, 0) is 0 Å². The molecular formula is C28H37N5O4. The number of ether oxygens (including phenoxy) is 1. The molecule has 0 atom stereocenters. The first-order valence-electron chi connectivity index (χ1n) is 13.5. The van der Waals surface area contributed by atoms with Crippen molar-refractivity contribution >= 4 is 23.0 Å². The molecule has 4 heterocycles. The number of piperidine rings is 2. The van der Waals surface area contributed by atoms with Crippen LogP contribution in [0.15, 0.2) is 41.0 Å². The average Bonchev–Trinajstić information content (AvgIpc) is 3.60. The highest BCUT2D eigenvalue weighted by atomic mass is 16.6. The number of imidazole rings is 1. The minimum atomic E-state index is -0.431. The molecule has 9 heteroatoms. The average molecular weight is 508 g/mol. The zero-order chi connectivity index (χ0) is 25.8. The second kappa shape index (κ2) is 11.4. The van der Waals surface area contributed by atoms with E-state index in [9.17, 15) is 9.59 Å². The highest BCUT2D eigenvalue weighted by molar-refractivity contribution is 5.91. The molecule has 1 aromatic carbocycles. The predicted molar refractivity (Wildman–Crippen MR) is 141 cm³/mol. The number of fused-ring (bicyclic) bond motifs is 1. The van der Waals surface area contributed by atoms with E-state index in [1.165, 1.54) is 0 Å². The smallest absolute Gasteiger partial charge is 0.412 e. The van der Waals surface area contributed by atoms with Crippen molar-refractivity contribution in [1.82, 2.24) is 25.1 Å². The Morgan fingerprint density at radius 1 is 1.08 bits per heavy atom. The van der Waals surface area contributed by atoms with Crippen LogP contribution in [0.5, 0.6) is 5.75 Å². The number of carbonyl (C=O) groups is 2. The van der Waals surface area contributed by atoms with Crippen LogP contribution in [0.25, 0.3) is 11.0 Å². The van der Waals surface area contributed by atoms with E-state index in [0.717, 1.165) is 69.7 Å². The molecule has 2 amide bonds. The van der Waals surface area contributed by atoms with Crippen molar-refractivity contribution in [1.29, 1.82) is 0 Å². The van der Waals surface area contributed by atoms with E-state index in [1.807, 2.05) is 17.0 Å². The van der Waals surface area contributed by atoms with Gasteiger partial charge in [0.25, 0.3) is 5.91 Å². The number of rotatable bonds is 7. The van der Waals surface area contributed by atoms with Gasteiger partial charge < -0.3 is 29.3 Å². The molecule has 9 nitrogen and oxygen atoms in total. The van der Waals surface area contributed by atoms with Crippen molar-refractivity contribution in [3.05, 3.63) is 48.2 Å². The van der Waals surface area contributed by atoms with Crippen molar-refractivity contribution in [3.63, 3.8) is 0 Å². The van der Waals surface area contributed by atoms with E-state index in [-0.39, 0.29) is 11.8 Å². The maximum atomic E-state index is 12.5. The minimum absolute atomic E-state index is 0.00311. The molecule has 2 aliphatic heterocycles. The number of H-pyrrole nitrogens is 1. The van der Waals surface area contributed by atoms with Crippen molar-refractivity contribution in [2.75, 3.05) is 39.3 Å². The van der Waals surface area contributed by atoms with Gasteiger partial charge in [-0.05, 0) is 74.9 Å². The number of amides is 2. The van der Waals surface area contributed by atoms with Crippen LogP contribution in [0, 0.1) is 11.8 Å². The van der Waals surface area contributed by atoms with Gasteiger partial charge in [-0.1, -0.05) is 19.9 Å². The molecule has 2 aromatic heterocycles. The summed E-state index contributed by atoms with van der Waals surface area (Å²) in [6, 6.07) is 9.07. The number of nitrogens with zero attached hydrogens (tertiary/aromatic N) is 3. The summed E-state index contributed by atoms with van der Waals surface area (Å²) in [7, 11) is 0. The topological polar surface area (TPSA) is 104 Å². The van der Waals surface area contributed by atoms with E-state index in [2.05, 4.69) is 34.0 Å². The van der Waals surface area contributed by atoms with Gasteiger partial charge in [-0.25, -0.2) is 9.78 Å². The molecule has 198 valence electrons. The van der Waals surface area contributed by atoms with Gasteiger partial charge in [-0.3, -0.25) is 4.79 Å². The number of benzene rings is 1. The number of likely N-dealkylation sites (tertiary alicyclic amines) is 2. The number of para-hydroxylation sites is 1. The normalized spacial score (nSPS) is 18.0. The summed E-state index contributed by atoms with van der Waals surface area (Å²) in [6.07, 6.45) is 5.29. The number of carbonyl (C=O) groups excluding carboxylic acids is 2. The van der Waals surface area contributed by atoms with Gasteiger partial charge in [0.1, 0.15) is 11.3 Å². The van der Waals surface area contributed by atoms with Crippen LogP contribution >= 0.6 is 0 Å². The monoisotopic (exact) mass is 507 g/mol. The van der Waals surface area contributed by atoms with Crippen LogP contribution < -0.4 is 10.1 Å². The van der Waals surface area contributed by atoms with Gasteiger partial charge in [0.2, 0.25) is 0 Å². The molecule has 0 aliphatic carbocycles. The second-order valence-corrected chi connectivity index (χ2v) is 10.7. The third-order valence-corrected chi connectivity index (χ3v) is 7.64. The fourth-order valence-electron chi connectivity index (χ4n) is 5.36. The molecule has 0 unspecified atom stereocenters. The number of hydrogen-bond acceptors (Lipinski definition) is 6. The molecule has 2 N–H and O–H groups in total. The minimum Gasteiger partial charge on any atom is -0.459 e. The second-order valence-electron chi connectivity index (χ2n) is 10.7. The van der Waals surface area contributed by atoms with Gasteiger partial charge in [-0.2, -0.15) is 0 Å². The maximum Gasteiger partial charge on any atom is 0.412 e. The molecular weight excluding hydrogens is 470 g/mol. The van der Waals surface area contributed by atoms with E-state index in [1.54, 1.807) is 24.5 Å².